The van der Waals surface area contributed by atoms with Crippen LogP contribution in [0.25, 0.3) is 0 Å². The lowest BCUT2D eigenvalue weighted by Gasteiger charge is -2.14. The van der Waals surface area contributed by atoms with Gasteiger partial charge >= 0.3 is 6.18 Å². The summed E-state index contributed by atoms with van der Waals surface area (Å²) in [6.07, 6.45) is -3.12. The van der Waals surface area contributed by atoms with E-state index in [1.54, 1.807) is 18.2 Å². The van der Waals surface area contributed by atoms with Gasteiger partial charge in [0, 0.05) is 5.69 Å². The SMILES string of the molecule is COc1cc(/C=N/NC(=S)Nc2ccccc2C(F)(F)F)ccc1OCC(=O)Nc1c(C)cc(C)cc1C. The van der Waals surface area contributed by atoms with E-state index in [0.29, 0.717) is 17.1 Å². The van der Waals surface area contributed by atoms with E-state index >= 15 is 0 Å². The largest absolute Gasteiger partial charge is 0.493 e. The highest BCUT2D eigenvalue weighted by atomic mass is 32.1. The van der Waals surface area contributed by atoms with E-state index in [-0.39, 0.29) is 23.3 Å². The molecule has 0 bridgehead atoms. The molecule has 0 unspecified atom stereocenters. The first kappa shape index (κ1) is 28.5. The summed E-state index contributed by atoms with van der Waals surface area (Å²) in [6, 6.07) is 13.9. The van der Waals surface area contributed by atoms with Crippen molar-refractivity contribution in [2.75, 3.05) is 24.4 Å². The number of halogens is 3. The zero-order valence-corrected chi connectivity index (χ0v) is 22.0. The Morgan fingerprint density at radius 1 is 1.00 bits per heavy atom. The third-order valence-electron chi connectivity index (χ3n) is 5.35. The van der Waals surface area contributed by atoms with Crippen molar-refractivity contribution in [3.05, 3.63) is 82.4 Å². The molecule has 0 aliphatic carbocycles. The van der Waals surface area contributed by atoms with Crippen LogP contribution in [0.15, 0.2) is 59.7 Å². The smallest absolute Gasteiger partial charge is 0.418 e. The summed E-state index contributed by atoms with van der Waals surface area (Å²) in [4.78, 5) is 12.5. The average molecular weight is 545 g/mol. The van der Waals surface area contributed by atoms with Gasteiger partial charge < -0.3 is 20.1 Å². The minimum atomic E-state index is -4.53. The summed E-state index contributed by atoms with van der Waals surface area (Å²) in [6.45, 7) is 5.63. The zero-order valence-electron chi connectivity index (χ0n) is 21.2. The van der Waals surface area contributed by atoms with E-state index in [0.717, 1.165) is 28.4 Å². The number of hydrazone groups is 1. The normalized spacial score (nSPS) is 11.2. The van der Waals surface area contributed by atoms with Crippen molar-refractivity contribution in [1.82, 2.24) is 5.43 Å². The molecule has 38 heavy (non-hydrogen) atoms. The number of thiocarbonyl (C=S) groups is 1. The van der Waals surface area contributed by atoms with E-state index in [1.807, 2.05) is 32.9 Å². The second-order valence-electron chi connectivity index (χ2n) is 8.39. The zero-order chi connectivity index (χ0) is 27.9. The van der Waals surface area contributed by atoms with E-state index in [2.05, 4.69) is 21.2 Å². The second-order valence-corrected chi connectivity index (χ2v) is 8.80. The number of alkyl halides is 3. The molecule has 0 aromatic heterocycles. The van der Waals surface area contributed by atoms with Crippen molar-refractivity contribution >= 4 is 40.8 Å². The van der Waals surface area contributed by atoms with Crippen molar-refractivity contribution in [2.24, 2.45) is 5.10 Å². The molecule has 3 aromatic carbocycles. The first-order chi connectivity index (χ1) is 18.0. The molecule has 0 aliphatic rings. The molecule has 0 radical (unpaired) electrons. The summed E-state index contributed by atoms with van der Waals surface area (Å²) >= 11 is 5.05. The fourth-order valence-electron chi connectivity index (χ4n) is 3.73. The topological polar surface area (TPSA) is 84.0 Å². The van der Waals surface area contributed by atoms with Gasteiger partial charge in [-0.05, 0) is 80.0 Å². The van der Waals surface area contributed by atoms with Gasteiger partial charge in [0.25, 0.3) is 5.91 Å². The van der Waals surface area contributed by atoms with Crippen LogP contribution in [0, 0.1) is 20.8 Å². The van der Waals surface area contributed by atoms with Gasteiger partial charge in [0.15, 0.2) is 23.2 Å². The van der Waals surface area contributed by atoms with Crippen LogP contribution in [0.5, 0.6) is 11.5 Å². The molecule has 3 rings (SSSR count). The molecule has 0 spiro atoms. The molecule has 1 amide bonds. The number of benzene rings is 3. The predicted octanol–water partition coefficient (Wildman–Crippen LogP) is 5.98. The summed E-state index contributed by atoms with van der Waals surface area (Å²) in [7, 11) is 1.46. The molecule has 0 atom stereocenters. The van der Waals surface area contributed by atoms with Gasteiger partial charge in [0.05, 0.1) is 24.6 Å². The maximum atomic E-state index is 13.1. The molecule has 0 saturated carbocycles. The van der Waals surface area contributed by atoms with Crippen molar-refractivity contribution in [1.29, 1.82) is 0 Å². The van der Waals surface area contributed by atoms with Crippen LogP contribution in [0.1, 0.15) is 27.8 Å². The number of nitrogens with one attached hydrogen (secondary N) is 3. The van der Waals surface area contributed by atoms with E-state index in [1.165, 1.54) is 31.5 Å². The van der Waals surface area contributed by atoms with Gasteiger partial charge in [-0.15, -0.1) is 0 Å². The van der Waals surface area contributed by atoms with Crippen LogP contribution in [0.2, 0.25) is 0 Å². The minimum Gasteiger partial charge on any atom is -0.493 e. The van der Waals surface area contributed by atoms with Crippen LogP contribution in [0.3, 0.4) is 0 Å². The van der Waals surface area contributed by atoms with Gasteiger partial charge in [-0.1, -0.05) is 29.8 Å². The standard InChI is InChI=1S/C27H27F3N4O3S/c1-16-11-17(2)25(18(3)12-16)33-24(35)15-37-22-10-9-19(13-23(22)36-4)14-31-34-26(38)32-21-8-6-5-7-20(21)27(28,29)30/h5-14H,15H2,1-4H3,(H,33,35)(H2,32,34,38)/b31-14+. The number of carbonyl (C=O) groups is 1. The predicted molar refractivity (Wildman–Crippen MR) is 146 cm³/mol. The van der Waals surface area contributed by atoms with E-state index in [4.69, 9.17) is 21.7 Å². The van der Waals surface area contributed by atoms with Crippen LogP contribution in [-0.4, -0.2) is 31.0 Å². The molecule has 0 aliphatic heterocycles. The molecule has 200 valence electrons. The number of anilines is 2. The molecule has 11 heteroatoms. The number of hydrogen-bond acceptors (Lipinski definition) is 5. The van der Waals surface area contributed by atoms with Gasteiger partial charge in [0.1, 0.15) is 0 Å². The highest BCUT2D eigenvalue weighted by Gasteiger charge is 2.33. The Labute approximate surface area is 224 Å². The number of amides is 1. The number of nitrogens with zero attached hydrogens (tertiary/aromatic N) is 1. The average Bonchev–Trinajstić information content (AvgIpc) is 2.85. The molecular weight excluding hydrogens is 517 g/mol. The molecule has 0 saturated heterocycles. The monoisotopic (exact) mass is 544 g/mol. The minimum absolute atomic E-state index is 0.116. The Morgan fingerprint density at radius 3 is 2.34 bits per heavy atom. The summed E-state index contributed by atoms with van der Waals surface area (Å²) in [5.41, 5.74) is 5.84. The lowest BCUT2D eigenvalue weighted by atomic mass is 10.1. The lowest BCUT2D eigenvalue weighted by Crippen LogP contribution is -2.25. The fraction of sp³-hybridized carbons (Fsp3) is 0.222. The van der Waals surface area contributed by atoms with E-state index < -0.39 is 11.7 Å². The van der Waals surface area contributed by atoms with Crippen molar-refractivity contribution in [3.63, 3.8) is 0 Å². The number of rotatable bonds is 8. The number of methoxy groups -OCH3 is 1. The third-order valence-corrected chi connectivity index (χ3v) is 5.54. The maximum Gasteiger partial charge on any atom is 0.418 e. The Morgan fingerprint density at radius 2 is 1.68 bits per heavy atom. The summed E-state index contributed by atoms with van der Waals surface area (Å²) in [5.74, 6) is 0.403. The Balaban J connectivity index is 1.58. The lowest BCUT2D eigenvalue weighted by molar-refractivity contribution is -0.136. The maximum absolute atomic E-state index is 13.1. The summed E-state index contributed by atoms with van der Waals surface area (Å²) in [5, 5.41) is 9.21. The van der Waals surface area contributed by atoms with E-state index in [9.17, 15) is 18.0 Å². The Kier molecular flexibility index (Phi) is 9.30. The number of hydrogen-bond donors (Lipinski definition) is 3. The van der Waals surface area contributed by atoms with Crippen LogP contribution < -0.4 is 25.5 Å². The highest BCUT2D eigenvalue weighted by molar-refractivity contribution is 7.80. The second kappa shape index (κ2) is 12.4. The summed E-state index contributed by atoms with van der Waals surface area (Å²) < 4.78 is 50.4. The van der Waals surface area contributed by atoms with Gasteiger partial charge in [-0.2, -0.15) is 18.3 Å². The highest BCUT2D eigenvalue weighted by Crippen LogP contribution is 2.34. The molecule has 3 aromatic rings. The number of aryl methyl sites for hydroxylation is 3. The molecule has 0 fully saturated rings. The number of carbonyl (C=O) groups excluding carboxylic acids is 1. The van der Waals surface area contributed by atoms with Gasteiger partial charge in [-0.25, -0.2) is 0 Å². The van der Waals surface area contributed by atoms with Gasteiger partial charge in [-0.3, -0.25) is 10.2 Å². The molecular formula is C27H27F3N4O3S. The fourth-order valence-corrected chi connectivity index (χ4v) is 3.90. The Bertz CT molecular complexity index is 1340. The van der Waals surface area contributed by atoms with Crippen LogP contribution in [-0.2, 0) is 11.0 Å². The van der Waals surface area contributed by atoms with Gasteiger partial charge in [0.2, 0.25) is 0 Å². The third kappa shape index (κ3) is 7.69. The quantitative estimate of drug-likeness (QED) is 0.184. The Hall–Kier alpha value is -4.12. The first-order valence-corrected chi connectivity index (χ1v) is 11.8. The first-order valence-electron chi connectivity index (χ1n) is 11.4. The van der Waals surface area contributed by atoms with Crippen molar-refractivity contribution < 1.29 is 27.4 Å². The van der Waals surface area contributed by atoms with Crippen LogP contribution >= 0.6 is 12.2 Å². The van der Waals surface area contributed by atoms with Crippen LogP contribution in [0.4, 0.5) is 24.5 Å². The molecule has 7 nitrogen and oxygen atoms in total. The van der Waals surface area contributed by atoms with Crippen molar-refractivity contribution in [2.45, 2.75) is 26.9 Å². The van der Waals surface area contributed by atoms with Crippen molar-refractivity contribution in [3.8, 4) is 11.5 Å². The molecule has 0 heterocycles. The number of ether oxygens (including phenoxy) is 2. The number of para-hydroxylation sites is 1. The molecule has 3 N–H and O–H groups in total.